The summed E-state index contributed by atoms with van der Waals surface area (Å²) in [5.74, 6) is -5.35. The number of ether oxygens (including phenoxy) is 1. The van der Waals surface area contributed by atoms with Gasteiger partial charge < -0.3 is 41.3 Å². The molecule has 1 saturated carbocycles. The first kappa shape index (κ1) is 42.3. The summed E-state index contributed by atoms with van der Waals surface area (Å²) in [5, 5.41) is 38.4. The fraction of sp³-hybridized carbons (Fsp3) is 0.788. The van der Waals surface area contributed by atoms with Crippen LogP contribution in [-0.2, 0) is 38.3 Å². The van der Waals surface area contributed by atoms with Gasteiger partial charge in [0.15, 0.2) is 0 Å². The van der Waals surface area contributed by atoms with Crippen LogP contribution in [0, 0.1) is 22.7 Å². The zero-order valence-electron chi connectivity index (χ0n) is 29.0. The van der Waals surface area contributed by atoms with Crippen molar-refractivity contribution < 1.29 is 53.6 Å². The van der Waals surface area contributed by atoms with Crippen LogP contribution in [0.25, 0.3) is 0 Å². The van der Waals surface area contributed by atoms with Gasteiger partial charge >= 0.3 is 17.9 Å². The predicted octanol–water partition coefficient (Wildman–Crippen LogP) is 2.07. The lowest BCUT2D eigenvalue weighted by atomic mass is 9.71. The maximum atomic E-state index is 12.9. The van der Waals surface area contributed by atoms with Crippen LogP contribution < -0.4 is 21.3 Å². The Morgan fingerprint density at radius 3 is 1.92 bits per heavy atom. The smallest absolute Gasteiger partial charge is 0.326 e. The molecule has 0 spiro atoms. The molecule has 274 valence electrons. The summed E-state index contributed by atoms with van der Waals surface area (Å²) in [5.41, 5.74) is -0.838. The summed E-state index contributed by atoms with van der Waals surface area (Å²) in [4.78, 5) is 84.7. The third-order valence-electron chi connectivity index (χ3n) is 8.35. The van der Waals surface area contributed by atoms with E-state index in [4.69, 9.17) is 14.9 Å². The number of aliphatic carboxylic acids is 3. The van der Waals surface area contributed by atoms with E-state index in [9.17, 15) is 38.7 Å². The molecular weight excluding hydrogens is 628 g/mol. The number of carboxylic acid groups (broad SMARTS) is 3. The van der Waals surface area contributed by atoms with Gasteiger partial charge in [-0.2, -0.15) is 0 Å². The summed E-state index contributed by atoms with van der Waals surface area (Å²) < 4.78 is 5.15. The maximum absolute atomic E-state index is 12.9. The molecule has 1 aliphatic carbocycles. The molecule has 15 heteroatoms. The number of carbonyl (C=O) groups is 7. The van der Waals surface area contributed by atoms with Crippen LogP contribution in [0.4, 0.5) is 0 Å². The monoisotopic (exact) mass is 684 g/mol. The Kier molecular flexibility index (Phi) is 18.1. The topological polar surface area (TPSA) is 238 Å². The van der Waals surface area contributed by atoms with Crippen LogP contribution >= 0.6 is 0 Å². The molecule has 0 heterocycles. The molecule has 0 aromatic heterocycles. The predicted molar refractivity (Wildman–Crippen MR) is 175 cm³/mol. The fourth-order valence-electron chi connectivity index (χ4n) is 6.35. The summed E-state index contributed by atoms with van der Waals surface area (Å²) in [6, 6.07) is -2.46. The second-order valence-corrected chi connectivity index (χ2v) is 14.3. The highest BCUT2D eigenvalue weighted by Gasteiger charge is 2.33. The third kappa shape index (κ3) is 18.0. The highest BCUT2D eigenvalue weighted by atomic mass is 16.5. The van der Waals surface area contributed by atoms with Gasteiger partial charge in [0.2, 0.25) is 23.6 Å². The molecule has 0 saturated heterocycles. The molecule has 1 fully saturated rings. The number of nitrogens with one attached hydrogen (secondary N) is 4. The number of carbonyl (C=O) groups excluding carboxylic acids is 4. The van der Waals surface area contributed by atoms with Crippen molar-refractivity contribution in [2.75, 3.05) is 26.3 Å². The van der Waals surface area contributed by atoms with Crippen molar-refractivity contribution in [3.05, 3.63) is 0 Å². The Balaban J connectivity index is 2.55. The molecule has 7 N–H and O–H groups in total. The summed E-state index contributed by atoms with van der Waals surface area (Å²) in [7, 11) is 0. The van der Waals surface area contributed by atoms with E-state index in [2.05, 4.69) is 21.3 Å². The molecule has 15 nitrogen and oxygen atoms in total. The van der Waals surface area contributed by atoms with Crippen molar-refractivity contribution in [1.29, 1.82) is 0 Å². The molecule has 0 aromatic rings. The Bertz CT molecular complexity index is 1120. The van der Waals surface area contributed by atoms with E-state index in [-0.39, 0.29) is 68.9 Å². The van der Waals surface area contributed by atoms with Crippen LogP contribution in [0.5, 0.6) is 0 Å². The van der Waals surface area contributed by atoms with E-state index in [0.29, 0.717) is 45.3 Å². The first-order chi connectivity index (χ1) is 22.3. The zero-order valence-corrected chi connectivity index (χ0v) is 29.0. The van der Waals surface area contributed by atoms with E-state index in [0.717, 1.165) is 0 Å². The van der Waals surface area contributed by atoms with Crippen LogP contribution in [-0.4, -0.2) is 95.2 Å². The molecule has 1 aliphatic rings. The Labute approximate surface area is 282 Å². The van der Waals surface area contributed by atoms with Crippen molar-refractivity contribution in [3.8, 4) is 0 Å². The zero-order chi connectivity index (χ0) is 36.5. The minimum Gasteiger partial charge on any atom is -0.481 e. The van der Waals surface area contributed by atoms with Crippen LogP contribution in [0.2, 0.25) is 0 Å². The van der Waals surface area contributed by atoms with E-state index in [1.54, 1.807) is 6.92 Å². The largest absolute Gasteiger partial charge is 0.481 e. The SMILES string of the molecule is CCOCCNC(=O)[C@H](CCC(=O)O)NC(=O)CC[C@H](NC(=O)[C@H]1CC[C@@H](CNC(=O)CC(C)(C)CC(C)(C)CC(=O)O)CC1)C(=O)O. The van der Waals surface area contributed by atoms with Crippen molar-refractivity contribution in [2.24, 2.45) is 22.7 Å². The second-order valence-electron chi connectivity index (χ2n) is 14.3. The number of hydrogen-bond acceptors (Lipinski definition) is 8. The number of amides is 4. The van der Waals surface area contributed by atoms with Gasteiger partial charge in [0.25, 0.3) is 0 Å². The summed E-state index contributed by atoms with van der Waals surface area (Å²) in [6.45, 7) is 10.8. The molecule has 1 rings (SSSR count). The minimum absolute atomic E-state index is 0.0180. The van der Waals surface area contributed by atoms with Crippen molar-refractivity contribution in [3.63, 3.8) is 0 Å². The molecule has 0 radical (unpaired) electrons. The van der Waals surface area contributed by atoms with Crippen LogP contribution in [0.1, 0.15) is 105 Å². The standard InChI is InChI=1S/C33H56N4O11/c1-6-48-16-15-34-30(45)23(12-14-27(40)41)36-25(38)13-11-24(31(46)47)37-29(44)22-9-7-21(8-10-22)19-35-26(39)17-32(2,3)20-33(4,5)18-28(42)43/h21-24H,6-20H2,1-5H3,(H,34,45)(H,35,39)(H,36,38)(H,37,44)(H,40,41)(H,42,43)(H,46,47)/t21-,22+,23-,24-/m0/s1. The molecule has 0 aliphatic heterocycles. The first-order valence-corrected chi connectivity index (χ1v) is 16.7. The van der Waals surface area contributed by atoms with E-state index < -0.39 is 59.0 Å². The molecule has 2 atom stereocenters. The van der Waals surface area contributed by atoms with Gasteiger partial charge in [0.1, 0.15) is 12.1 Å². The van der Waals surface area contributed by atoms with Crippen LogP contribution in [0.3, 0.4) is 0 Å². The number of carboxylic acids is 3. The fourth-order valence-corrected chi connectivity index (χ4v) is 6.35. The second kappa shape index (κ2) is 20.6. The highest BCUT2D eigenvalue weighted by molar-refractivity contribution is 5.89. The summed E-state index contributed by atoms with van der Waals surface area (Å²) in [6.07, 6.45) is 2.14. The lowest BCUT2D eigenvalue weighted by Gasteiger charge is -2.34. The maximum Gasteiger partial charge on any atom is 0.326 e. The number of hydrogen-bond donors (Lipinski definition) is 7. The van der Waals surface area contributed by atoms with Gasteiger partial charge in [0, 0.05) is 44.9 Å². The van der Waals surface area contributed by atoms with Gasteiger partial charge in [-0.15, -0.1) is 0 Å². The van der Waals surface area contributed by atoms with E-state index in [1.165, 1.54) is 0 Å². The van der Waals surface area contributed by atoms with Gasteiger partial charge in [-0.25, -0.2) is 4.79 Å². The number of rotatable bonds is 23. The lowest BCUT2D eigenvalue weighted by molar-refractivity contribution is -0.143. The molecule has 4 amide bonds. The molecule has 0 unspecified atom stereocenters. The molecule has 0 aromatic carbocycles. The Morgan fingerprint density at radius 2 is 1.35 bits per heavy atom. The Morgan fingerprint density at radius 1 is 0.750 bits per heavy atom. The third-order valence-corrected chi connectivity index (χ3v) is 8.35. The van der Waals surface area contributed by atoms with Gasteiger partial charge in [0.05, 0.1) is 13.0 Å². The first-order valence-electron chi connectivity index (χ1n) is 16.7. The molecule has 48 heavy (non-hydrogen) atoms. The van der Waals surface area contributed by atoms with Crippen molar-refractivity contribution >= 4 is 41.5 Å². The van der Waals surface area contributed by atoms with Crippen LogP contribution in [0.15, 0.2) is 0 Å². The molecular formula is C33H56N4O11. The average Bonchev–Trinajstić information content (AvgIpc) is 2.96. The normalized spacial score (nSPS) is 17.8. The lowest BCUT2D eigenvalue weighted by Crippen LogP contribution is -2.48. The van der Waals surface area contributed by atoms with Gasteiger partial charge in [-0.1, -0.05) is 27.7 Å². The minimum atomic E-state index is -1.33. The average molecular weight is 685 g/mol. The van der Waals surface area contributed by atoms with E-state index in [1.807, 2.05) is 27.7 Å². The highest BCUT2D eigenvalue weighted by Crippen LogP contribution is 2.38. The quantitative estimate of drug-likeness (QED) is 0.0769. The van der Waals surface area contributed by atoms with E-state index >= 15 is 0 Å². The van der Waals surface area contributed by atoms with Crippen molar-refractivity contribution in [1.82, 2.24) is 21.3 Å². The Hall–Kier alpha value is -3.75. The van der Waals surface area contributed by atoms with Gasteiger partial charge in [-0.05, 0) is 68.6 Å². The van der Waals surface area contributed by atoms with Gasteiger partial charge in [-0.3, -0.25) is 28.8 Å². The van der Waals surface area contributed by atoms with Crippen molar-refractivity contribution in [2.45, 2.75) is 117 Å². The molecule has 0 bridgehead atoms. The summed E-state index contributed by atoms with van der Waals surface area (Å²) >= 11 is 0.